The first-order valence-corrected chi connectivity index (χ1v) is 15.0. The zero-order valence-electron chi connectivity index (χ0n) is 24.1. The summed E-state index contributed by atoms with van der Waals surface area (Å²) >= 11 is 0. The number of nitrogens with zero attached hydrogens (tertiary/aromatic N) is 3. The molecule has 0 radical (unpaired) electrons. The highest BCUT2D eigenvalue weighted by molar-refractivity contribution is 7.79. The van der Waals surface area contributed by atoms with E-state index in [0.717, 1.165) is 12.1 Å². The summed E-state index contributed by atoms with van der Waals surface area (Å²) in [5, 5.41) is 8.68. The van der Waals surface area contributed by atoms with Gasteiger partial charge in [0.25, 0.3) is 5.91 Å². The van der Waals surface area contributed by atoms with Crippen LogP contribution in [0, 0.1) is 40.4 Å². The third-order valence-electron chi connectivity index (χ3n) is 8.83. The molecule has 0 aromatic rings. The largest absolute Gasteiger partial charge is 0.487 e. The van der Waals surface area contributed by atoms with Gasteiger partial charge in [-0.05, 0) is 55.3 Å². The van der Waals surface area contributed by atoms with E-state index in [1.54, 1.807) is 6.92 Å². The first-order valence-electron chi connectivity index (χ1n) is 13.6. The van der Waals surface area contributed by atoms with Crippen molar-refractivity contribution >= 4 is 28.4 Å². The summed E-state index contributed by atoms with van der Waals surface area (Å²) in [5.74, 6) is 0.771. The van der Waals surface area contributed by atoms with Crippen molar-refractivity contribution < 1.29 is 31.8 Å². The van der Waals surface area contributed by atoms with Gasteiger partial charge in [-0.25, -0.2) is 4.99 Å². The molecular weight excluding hydrogens is 522 g/mol. The summed E-state index contributed by atoms with van der Waals surface area (Å²) in [6, 6.07) is 0. The van der Waals surface area contributed by atoms with Gasteiger partial charge < -0.3 is 4.74 Å². The van der Waals surface area contributed by atoms with Gasteiger partial charge >= 0.3 is 16.3 Å². The van der Waals surface area contributed by atoms with Crippen LogP contribution in [0.2, 0.25) is 0 Å². The van der Waals surface area contributed by atoms with Crippen molar-refractivity contribution in [1.82, 2.24) is 0 Å². The molecule has 11 heteroatoms. The number of amides is 2. The number of azo groups is 1. The second-order valence-electron chi connectivity index (χ2n) is 12.0. The Kier molecular flexibility index (Phi) is 8.89. The van der Waals surface area contributed by atoms with Gasteiger partial charge in [0.1, 0.15) is 5.57 Å². The van der Waals surface area contributed by atoms with E-state index >= 15 is 0 Å². The van der Waals surface area contributed by atoms with E-state index in [0.29, 0.717) is 29.2 Å². The Hall–Kier alpha value is -2.50. The number of hydrogen-bond acceptors (Lipinski definition) is 6. The van der Waals surface area contributed by atoms with Crippen LogP contribution in [0.5, 0.6) is 0 Å². The first kappa shape index (κ1) is 31.0. The zero-order chi connectivity index (χ0) is 29.5. The minimum Gasteiger partial charge on any atom is -0.487 e. The van der Waals surface area contributed by atoms with Gasteiger partial charge in [0.2, 0.25) is 0 Å². The van der Waals surface area contributed by atoms with Crippen LogP contribution in [0.15, 0.2) is 49.5 Å². The van der Waals surface area contributed by atoms with E-state index in [1.165, 1.54) is 24.6 Å². The van der Waals surface area contributed by atoms with Crippen LogP contribution in [0.1, 0.15) is 74.7 Å². The monoisotopic (exact) mass is 563 g/mol. The molecular formula is C28H41N3O7S. The van der Waals surface area contributed by atoms with Crippen molar-refractivity contribution in [2.45, 2.75) is 74.7 Å². The van der Waals surface area contributed by atoms with E-state index in [1.807, 2.05) is 0 Å². The molecule has 0 saturated heterocycles. The lowest BCUT2D eigenvalue weighted by Gasteiger charge is -2.57. The van der Waals surface area contributed by atoms with Gasteiger partial charge in [-0.2, -0.15) is 13.5 Å². The number of dihydropyridines is 1. The SMILES string of the molecule is CCOC1=C2C(=O)N=NC(C3C(C)(C(C)C)CC(C(C)C)=CC3(C(C)C)C3CC3)=C2C=NC1=O.O=S(=O)(O)O. The fraction of sp³-hybridized carbons (Fsp3) is 0.679. The van der Waals surface area contributed by atoms with E-state index < -0.39 is 22.2 Å². The van der Waals surface area contributed by atoms with Gasteiger partial charge in [-0.1, -0.05) is 60.1 Å². The average molecular weight is 564 g/mol. The highest BCUT2D eigenvalue weighted by atomic mass is 32.3. The maximum absolute atomic E-state index is 12.9. The Bertz CT molecular complexity index is 1270. The van der Waals surface area contributed by atoms with Crippen LogP contribution in [0.25, 0.3) is 0 Å². The van der Waals surface area contributed by atoms with Crippen molar-refractivity contribution in [3.63, 3.8) is 0 Å². The van der Waals surface area contributed by atoms with Crippen molar-refractivity contribution in [2.24, 2.45) is 55.6 Å². The summed E-state index contributed by atoms with van der Waals surface area (Å²) in [7, 11) is -4.67. The van der Waals surface area contributed by atoms with Crippen LogP contribution < -0.4 is 0 Å². The predicted octanol–water partition coefficient (Wildman–Crippen LogP) is 5.80. The summed E-state index contributed by atoms with van der Waals surface area (Å²) in [6.07, 6.45) is 7.48. The first-order chi connectivity index (χ1) is 18.0. The zero-order valence-corrected chi connectivity index (χ0v) is 24.9. The predicted molar refractivity (Wildman–Crippen MR) is 147 cm³/mol. The number of carbonyl (C=O) groups excluding carboxylic acids is 2. The Labute approximate surface area is 231 Å². The number of aliphatic imine (C=N–C) groups is 1. The van der Waals surface area contributed by atoms with Gasteiger partial charge in [0.15, 0.2) is 5.76 Å². The molecule has 2 aliphatic heterocycles. The third kappa shape index (κ3) is 6.00. The maximum atomic E-state index is 12.9. The topological polar surface area (TPSA) is 155 Å². The molecule has 10 nitrogen and oxygen atoms in total. The van der Waals surface area contributed by atoms with Crippen LogP contribution in [-0.4, -0.2) is 42.2 Å². The van der Waals surface area contributed by atoms with Gasteiger partial charge in [0.05, 0.1) is 12.3 Å². The lowest BCUT2D eigenvalue weighted by atomic mass is 9.47. The number of fused-ring (bicyclic) bond motifs is 1. The Morgan fingerprint density at radius 2 is 1.62 bits per heavy atom. The molecule has 2 aliphatic carbocycles. The molecule has 1 saturated carbocycles. The molecule has 2 N–H and O–H groups in total. The molecule has 3 atom stereocenters. The lowest BCUT2D eigenvalue weighted by Crippen LogP contribution is -2.52. The Balaban J connectivity index is 0.000000771. The molecule has 1 fully saturated rings. The number of ether oxygens (including phenoxy) is 1. The molecule has 3 unspecified atom stereocenters. The van der Waals surface area contributed by atoms with Crippen LogP contribution in [0.3, 0.4) is 0 Å². The smallest absolute Gasteiger partial charge is 0.394 e. The summed E-state index contributed by atoms with van der Waals surface area (Å²) in [6.45, 7) is 18.3. The molecule has 0 aromatic carbocycles. The second kappa shape index (κ2) is 11.2. The highest BCUT2D eigenvalue weighted by Gasteiger charge is 2.61. The van der Waals surface area contributed by atoms with Crippen molar-refractivity contribution in [2.75, 3.05) is 6.61 Å². The Morgan fingerprint density at radius 3 is 2.08 bits per heavy atom. The molecule has 216 valence electrons. The van der Waals surface area contributed by atoms with E-state index in [9.17, 15) is 9.59 Å². The molecule has 39 heavy (non-hydrogen) atoms. The third-order valence-corrected chi connectivity index (χ3v) is 8.83. The van der Waals surface area contributed by atoms with Gasteiger partial charge in [-0.15, -0.1) is 5.11 Å². The number of carbonyl (C=O) groups is 2. The second-order valence-corrected chi connectivity index (χ2v) is 12.9. The minimum atomic E-state index is -4.67. The molecule has 2 amide bonds. The van der Waals surface area contributed by atoms with E-state index in [-0.39, 0.29) is 34.7 Å². The van der Waals surface area contributed by atoms with Crippen LogP contribution in [-0.2, 0) is 24.7 Å². The van der Waals surface area contributed by atoms with Crippen molar-refractivity contribution in [3.05, 3.63) is 34.3 Å². The van der Waals surface area contributed by atoms with Crippen molar-refractivity contribution in [1.29, 1.82) is 0 Å². The minimum absolute atomic E-state index is 0.00295. The van der Waals surface area contributed by atoms with Crippen molar-refractivity contribution in [3.8, 4) is 0 Å². The fourth-order valence-corrected chi connectivity index (χ4v) is 6.51. The summed E-state index contributed by atoms with van der Waals surface area (Å²) < 4.78 is 37.2. The molecule has 0 spiro atoms. The summed E-state index contributed by atoms with van der Waals surface area (Å²) in [4.78, 5) is 29.6. The van der Waals surface area contributed by atoms with E-state index in [2.05, 4.69) is 69.8 Å². The molecule has 4 rings (SSSR count). The number of allylic oxidation sites excluding steroid dienone is 3. The molecule has 4 aliphatic rings. The standard InChI is InChI=1S/C28H39N3O3.H2O4S/c1-9-34-23-21-20(14-29-26(23)33)22(30-31-25(21)32)24-27(8,16(4)5)12-18(15(2)3)13-28(24,17(6)7)19-10-11-19;1-5(2,3)4/h13-17,19,24H,9-12H2,1-8H3;(H2,1,2,3,4). The normalized spacial score (nSPS) is 29.2. The number of hydrogen-bond donors (Lipinski definition) is 2. The lowest BCUT2D eigenvalue weighted by molar-refractivity contribution is -0.120. The average Bonchev–Trinajstić information content (AvgIpc) is 3.65. The fourth-order valence-electron chi connectivity index (χ4n) is 6.51. The highest BCUT2D eigenvalue weighted by Crippen LogP contribution is 2.67. The van der Waals surface area contributed by atoms with Crippen LogP contribution in [0.4, 0.5) is 0 Å². The number of rotatable bonds is 7. The molecule has 0 bridgehead atoms. The van der Waals surface area contributed by atoms with E-state index in [4.69, 9.17) is 22.3 Å². The molecule has 0 aromatic heterocycles. The molecule has 2 heterocycles. The van der Waals surface area contributed by atoms with Crippen LogP contribution >= 0.6 is 0 Å². The van der Waals surface area contributed by atoms with Gasteiger partial charge in [0, 0.05) is 23.1 Å². The quantitative estimate of drug-likeness (QED) is 0.293. The van der Waals surface area contributed by atoms with Gasteiger partial charge in [-0.3, -0.25) is 18.7 Å². The Morgan fingerprint density at radius 1 is 1.03 bits per heavy atom. The maximum Gasteiger partial charge on any atom is 0.394 e. The summed E-state index contributed by atoms with van der Waals surface area (Å²) in [5.41, 5.74) is 2.94.